The van der Waals surface area contributed by atoms with E-state index in [4.69, 9.17) is 9.15 Å². The van der Waals surface area contributed by atoms with Crippen molar-refractivity contribution in [3.63, 3.8) is 0 Å². The minimum absolute atomic E-state index is 0.0636. The predicted molar refractivity (Wildman–Crippen MR) is 108 cm³/mol. The molecule has 0 aliphatic heterocycles. The molecule has 0 spiro atoms. The van der Waals surface area contributed by atoms with E-state index < -0.39 is 5.97 Å². The summed E-state index contributed by atoms with van der Waals surface area (Å²) in [7, 11) is 0. The molecule has 1 amide bonds. The number of aromatic nitrogens is 1. The van der Waals surface area contributed by atoms with E-state index in [2.05, 4.69) is 10.3 Å². The van der Waals surface area contributed by atoms with E-state index in [0.29, 0.717) is 27.8 Å². The smallest absolute Gasteiger partial charge is 0.317 e. The van der Waals surface area contributed by atoms with Gasteiger partial charge in [-0.25, -0.2) is 4.98 Å². The van der Waals surface area contributed by atoms with Crippen LogP contribution in [0.2, 0.25) is 0 Å². The van der Waals surface area contributed by atoms with Crippen LogP contribution in [0.1, 0.15) is 15.4 Å². The van der Waals surface area contributed by atoms with Crippen LogP contribution in [0.4, 0.5) is 5.69 Å². The molecule has 4 aromatic rings. The normalized spacial score (nSPS) is 10.6. The number of anilines is 1. The number of thiophene rings is 1. The van der Waals surface area contributed by atoms with Crippen LogP contribution in [0.25, 0.3) is 10.8 Å². The summed E-state index contributed by atoms with van der Waals surface area (Å²) in [5.74, 6) is 0.493. The molecule has 0 bridgehead atoms. The lowest BCUT2D eigenvalue weighted by atomic mass is 10.3. The van der Waals surface area contributed by atoms with Gasteiger partial charge in [-0.05, 0) is 47.8 Å². The number of amides is 1. The number of hydrogen-bond acceptors (Lipinski definition) is 7. The Bertz CT molecular complexity index is 1070. The van der Waals surface area contributed by atoms with E-state index in [1.54, 1.807) is 42.7 Å². The number of esters is 1. The number of carbonyl (C=O) groups excluding carboxylic acids is 2. The Kier molecular flexibility index (Phi) is 5.31. The fraction of sp³-hybridized carbons (Fsp3) is 0.0500. The highest BCUT2D eigenvalue weighted by atomic mass is 32.1. The number of furan rings is 1. The van der Waals surface area contributed by atoms with Crippen LogP contribution < -0.4 is 10.1 Å². The highest BCUT2D eigenvalue weighted by molar-refractivity contribution is 7.13. The van der Waals surface area contributed by atoms with Crippen molar-refractivity contribution in [2.75, 3.05) is 5.32 Å². The lowest BCUT2D eigenvalue weighted by molar-refractivity contribution is -0.133. The Balaban J connectivity index is 1.33. The first-order chi connectivity index (χ1) is 13.7. The maximum absolute atomic E-state index is 12.1. The zero-order valence-electron chi connectivity index (χ0n) is 14.5. The lowest BCUT2D eigenvalue weighted by Gasteiger charge is -2.06. The summed E-state index contributed by atoms with van der Waals surface area (Å²) in [5, 5.41) is 7.17. The predicted octanol–water partition coefficient (Wildman–Crippen LogP) is 4.87. The Morgan fingerprint density at radius 1 is 1.07 bits per heavy atom. The van der Waals surface area contributed by atoms with Gasteiger partial charge in [-0.2, -0.15) is 0 Å². The van der Waals surface area contributed by atoms with Gasteiger partial charge < -0.3 is 14.5 Å². The summed E-state index contributed by atoms with van der Waals surface area (Å²) in [6, 6.07) is 13.8. The van der Waals surface area contributed by atoms with Crippen molar-refractivity contribution < 1.29 is 18.7 Å². The van der Waals surface area contributed by atoms with Gasteiger partial charge in [0.05, 0.1) is 23.3 Å². The molecule has 0 fully saturated rings. The van der Waals surface area contributed by atoms with E-state index in [1.807, 2.05) is 22.9 Å². The van der Waals surface area contributed by atoms with E-state index >= 15 is 0 Å². The Morgan fingerprint density at radius 2 is 1.93 bits per heavy atom. The van der Waals surface area contributed by atoms with E-state index in [9.17, 15) is 9.59 Å². The zero-order chi connectivity index (χ0) is 19.3. The van der Waals surface area contributed by atoms with Crippen molar-refractivity contribution in [2.24, 2.45) is 0 Å². The second-order valence-electron chi connectivity index (χ2n) is 5.73. The summed E-state index contributed by atoms with van der Waals surface area (Å²) >= 11 is 2.78. The average Bonchev–Trinajstić information content (AvgIpc) is 3.45. The SMILES string of the molecule is O=C(Cc1csc(-c2ccco2)n1)Oc1ccc(NC(=O)c2cccs2)cc1. The summed E-state index contributed by atoms with van der Waals surface area (Å²) in [4.78, 5) is 29.2. The number of hydrogen-bond donors (Lipinski definition) is 1. The molecular weight excluding hydrogens is 396 g/mol. The van der Waals surface area contributed by atoms with Gasteiger partial charge in [-0.3, -0.25) is 9.59 Å². The molecule has 0 saturated carbocycles. The van der Waals surface area contributed by atoms with Crippen molar-refractivity contribution in [2.45, 2.75) is 6.42 Å². The Hall–Kier alpha value is -3.23. The summed E-state index contributed by atoms with van der Waals surface area (Å²) in [5.41, 5.74) is 1.25. The van der Waals surface area contributed by atoms with Crippen molar-refractivity contribution in [1.29, 1.82) is 0 Å². The molecule has 0 aliphatic carbocycles. The van der Waals surface area contributed by atoms with Gasteiger partial charge in [0.15, 0.2) is 10.8 Å². The van der Waals surface area contributed by atoms with Crippen LogP contribution in [-0.4, -0.2) is 16.9 Å². The number of thiazole rings is 1. The van der Waals surface area contributed by atoms with Crippen molar-refractivity contribution in [3.05, 3.63) is 76.1 Å². The topological polar surface area (TPSA) is 81.4 Å². The molecular formula is C20H14N2O4S2. The summed E-state index contributed by atoms with van der Waals surface area (Å²) in [6.07, 6.45) is 1.64. The maximum Gasteiger partial charge on any atom is 0.317 e. The zero-order valence-corrected chi connectivity index (χ0v) is 16.1. The van der Waals surface area contributed by atoms with Gasteiger partial charge in [0, 0.05) is 11.1 Å². The fourth-order valence-corrected chi connectivity index (χ4v) is 3.83. The van der Waals surface area contributed by atoms with Crippen LogP contribution in [0.15, 0.2) is 70.0 Å². The highest BCUT2D eigenvalue weighted by Crippen LogP contribution is 2.24. The summed E-state index contributed by atoms with van der Waals surface area (Å²) in [6.45, 7) is 0. The highest BCUT2D eigenvalue weighted by Gasteiger charge is 2.13. The molecule has 8 heteroatoms. The van der Waals surface area contributed by atoms with Gasteiger partial charge in [-0.1, -0.05) is 6.07 Å². The minimum atomic E-state index is -0.410. The van der Waals surface area contributed by atoms with Crippen LogP contribution in [0.5, 0.6) is 5.75 Å². The first-order valence-corrected chi connectivity index (χ1v) is 10.1. The third-order valence-corrected chi connectivity index (χ3v) is 5.47. The second-order valence-corrected chi connectivity index (χ2v) is 7.53. The Morgan fingerprint density at radius 3 is 2.64 bits per heavy atom. The number of ether oxygens (including phenoxy) is 1. The third kappa shape index (κ3) is 4.36. The third-order valence-electron chi connectivity index (χ3n) is 3.70. The van der Waals surface area contributed by atoms with Gasteiger partial charge >= 0.3 is 5.97 Å². The molecule has 0 unspecified atom stereocenters. The van der Waals surface area contributed by atoms with E-state index in [0.717, 1.165) is 5.01 Å². The molecule has 4 rings (SSSR count). The summed E-state index contributed by atoms with van der Waals surface area (Å²) < 4.78 is 10.6. The van der Waals surface area contributed by atoms with Gasteiger partial charge in [-0.15, -0.1) is 22.7 Å². The van der Waals surface area contributed by atoms with Crippen molar-refractivity contribution in [1.82, 2.24) is 4.98 Å². The number of benzene rings is 1. The molecule has 3 aromatic heterocycles. The number of rotatable bonds is 6. The van der Waals surface area contributed by atoms with Gasteiger partial charge in [0.1, 0.15) is 5.75 Å². The molecule has 3 heterocycles. The number of nitrogens with one attached hydrogen (secondary N) is 1. The molecule has 1 N–H and O–H groups in total. The van der Waals surface area contributed by atoms with Crippen molar-refractivity contribution in [3.8, 4) is 16.5 Å². The maximum atomic E-state index is 12.1. The van der Waals surface area contributed by atoms with Gasteiger partial charge in [0.25, 0.3) is 5.91 Å². The first-order valence-electron chi connectivity index (χ1n) is 8.31. The number of nitrogens with zero attached hydrogens (tertiary/aromatic N) is 1. The van der Waals surface area contributed by atoms with Crippen molar-refractivity contribution >= 4 is 40.2 Å². The van der Waals surface area contributed by atoms with Crippen LogP contribution in [0.3, 0.4) is 0 Å². The quantitative estimate of drug-likeness (QED) is 0.362. The first kappa shape index (κ1) is 18.1. The molecule has 0 saturated heterocycles. The van der Waals surface area contributed by atoms with Crippen LogP contribution >= 0.6 is 22.7 Å². The molecule has 140 valence electrons. The fourth-order valence-electron chi connectivity index (χ4n) is 2.42. The molecule has 6 nitrogen and oxygen atoms in total. The lowest BCUT2D eigenvalue weighted by Crippen LogP contribution is -2.12. The standard InChI is InChI=1S/C20H14N2O4S2/c23-18(11-14-12-28-20(22-14)16-3-1-9-25-16)26-15-7-5-13(6-8-15)21-19(24)17-4-2-10-27-17/h1-10,12H,11H2,(H,21,24). The largest absolute Gasteiger partial charge is 0.462 e. The van der Waals surface area contributed by atoms with E-state index in [1.165, 1.54) is 22.7 Å². The molecule has 28 heavy (non-hydrogen) atoms. The van der Waals surface area contributed by atoms with Crippen LogP contribution in [0, 0.1) is 0 Å². The van der Waals surface area contributed by atoms with E-state index in [-0.39, 0.29) is 12.3 Å². The molecule has 0 radical (unpaired) electrons. The average molecular weight is 410 g/mol. The van der Waals surface area contributed by atoms with Crippen LogP contribution in [-0.2, 0) is 11.2 Å². The Labute approximate surface area is 168 Å². The monoisotopic (exact) mass is 410 g/mol. The number of carbonyl (C=O) groups is 2. The molecule has 0 atom stereocenters. The second kappa shape index (κ2) is 8.20. The molecule has 0 aliphatic rings. The minimum Gasteiger partial charge on any atom is -0.462 e. The van der Waals surface area contributed by atoms with Gasteiger partial charge in [0.2, 0.25) is 0 Å². The molecule has 1 aromatic carbocycles.